The van der Waals surface area contributed by atoms with Crippen molar-refractivity contribution in [2.75, 3.05) is 6.54 Å². The summed E-state index contributed by atoms with van der Waals surface area (Å²) in [5, 5.41) is 3.08. The van der Waals surface area contributed by atoms with E-state index in [0.717, 1.165) is 49.8 Å². The molecule has 1 amide bonds. The fourth-order valence-electron chi connectivity index (χ4n) is 2.77. The van der Waals surface area contributed by atoms with Crippen LogP contribution in [0.4, 0.5) is 0 Å². The minimum Gasteiger partial charge on any atom is -0.352 e. The molecular weight excluding hydrogens is 236 g/mol. The van der Waals surface area contributed by atoms with Crippen molar-refractivity contribution in [3.8, 4) is 0 Å². The van der Waals surface area contributed by atoms with Crippen LogP contribution in [-0.2, 0) is 6.42 Å². The van der Waals surface area contributed by atoms with E-state index in [1.54, 1.807) is 0 Å². The van der Waals surface area contributed by atoms with Gasteiger partial charge in [-0.25, -0.2) is 0 Å². The third-order valence-corrected chi connectivity index (χ3v) is 4.09. The highest BCUT2D eigenvalue weighted by Crippen LogP contribution is 2.22. The molecule has 1 aromatic rings. The average Bonchev–Trinajstić information content (AvgIpc) is 2.46. The van der Waals surface area contributed by atoms with Crippen LogP contribution in [0, 0.1) is 5.92 Å². The van der Waals surface area contributed by atoms with Gasteiger partial charge in [-0.1, -0.05) is 25.1 Å². The first-order chi connectivity index (χ1) is 9.20. The molecule has 104 valence electrons. The van der Waals surface area contributed by atoms with Gasteiger partial charge in [-0.05, 0) is 49.7 Å². The van der Waals surface area contributed by atoms with Crippen molar-refractivity contribution >= 4 is 5.91 Å². The van der Waals surface area contributed by atoms with Gasteiger partial charge in [-0.2, -0.15) is 0 Å². The van der Waals surface area contributed by atoms with Crippen molar-refractivity contribution in [3.05, 3.63) is 35.4 Å². The number of carbonyl (C=O) groups is 1. The lowest BCUT2D eigenvalue weighted by Crippen LogP contribution is -2.34. The number of hydrogen-bond acceptors (Lipinski definition) is 2. The van der Waals surface area contributed by atoms with Gasteiger partial charge in [0.2, 0.25) is 0 Å². The van der Waals surface area contributed by atoms with E-state index in [9.17, 15) is 4.79 Å². The zero-order valence-corrected chi connectivity index (χ0v) is 11.7. The van der Waals surface area contributed by atoms with Gasteiger partial charge in [-0.3, -0.25) is 4.79 Å². The predicted molar refractivity (Wildman–Crippen MR) is 78.1 cm³/mol. The van der Waals surface area contributed by atoms with Gasteiger partial charge in [-0.15, -0.1) is 0 Å². The molecule has 0 heterocycles. The quantitative estimate of drug-likeness (QED) is 0.874. The lowest BCUT2D eigenvalue weighted by molar-refractivity contribution is 0.0942. The first-order valence-corrected chi connectivity index (χ1v) is 7.32. The molecule has 3 heteroatoms. The number of carbonyl (C=O) groups excluding carboxylic acids is 1. The molecule has 1 aliphatic carbocycles. The molecule has 0 aliphatic heterocycles. The summed E-state index contributed by atoms with van der Waals surface area (Å²) in [5.74, 6) is 0.657. The highest BCUT2D eigenvalue weighted by atomic mass is 16.1. The third kappa shape index (κ3) is 3.80. The van der Waals surface area contributed by atoms with E-state index in [2.05, 4.69) is 12.2 Å². The normalized spacial score (nSPS) is 23.1. The number of amides is 1. The van der Waals surface area contributed by atoms with E-state index in [1.165, 1.54) is 0 Å². The van der Waals surface area contributed by atoms with Crippen molar-refractivity contribution in [2.24, 2.45) is 11.7 Å². The molecule has 0 bridgehead atoms. The Balaban J connectivity index is 1.87. The summed E-state index contributed by atoms with van der Waals surface area (Å²) in [6, 6.07) is 8.21. The topological polar surface area (TPSA) is 55.1 Å². The Morgan fingerprint density at radius 1 is 1.26 bits per heavy atom. The average molecular weight is 260 g/mol. The lowest BCUT2D eigenvalue weighted by Gasteiger charge is -2.26. The van der Waals surface area contributed by atoms with Gasteiger partial charge >= 0.3 is 0 Å². The van der Waals surface area contributed by atoms with Gasteiger partial charge in [0, 0.05) is 18.2 Å². The van der Waals surface area contributed by atoms with E-state index in [4.69, 9.17) is 5.73 Å². The standard InChI is InChI=1S/C16H24N2O/c1-2-13-5-3-4-6-15(13)16(19)18-11-12-7-9-14(17)10-8-12/h3-6,12,14H,2,7-11,17H2,1H3,(H,18,19). The van der Waals surface area contributed by atoms with Crippen LogP contribution in [0.2, 0.25) is 0 Å². The number of rotatable bonds is 4. The molecule has 0 radical (unpaired) electrons. The Morgan fingerprint density at radius 2 is 1.95 bits per heavy atom. The Kier molecular flexibility index (Phi) is 4.97. The van der Waals surface area contributed by atoms with Crippen molar-refractivity contribution in [1.29, 1.82) is 0 Å². The Morgan fingerprint density at radius 3 is 2.63 bits per heavy atom. The molecule has 0 atom stereocenters. The highest BCUT2D eigenvalue weighted by Gasteiger charge is 2.19. The van der Waals surface area contributed by atoms with Crippen molar-refractivity contribution in [3.63, 3.8) is 0 Å². The molecule has 0 unspecified atom stereocenters. The largest absolute Gasteiger partial charge is 0.352 e. The van der Waals surface area contributed by atoms with Crippen LogP contribution < -0.4 is 11.1 Å². The molecule has 3 N–H and O–H groups in total. The molecule has 0 spiro atoms. The maximum atomic E-state index is 12.2. The summed E-state index contributed by atoms with van der Waals surface area (Å²) in [7, 11) is 0. The second-order valence-corrected chi connectivity index (χ2v) is 5.50. The molecular formula is C16H24N2O. The number of aryl methyl sites for hydroxylation is 1. The Bertz CT molecular complexity index is 423. The monoisotopic (exact) mass is 260 g/mol. The van der Waals surface area contributed by atoms with Crippen molar-refractivity contribution < 1.29 is 4.79 Å². The second-order valence-electron chi connectivity index (χ2n) is 5.50. The van der Waals surface area contributed by atoms with E-state index in [-0.39, 0.29) is 5.91 Å². The minimum absolute atomic E-state index is 0.0623. The number of hydrogen-bond donors (Lipinski definition) is 2. The molecule has 1 aromatic carbocycles. The first-order valence-electron chi connectivity index (χ1n) is 7.32. The third-order valence-electron chi connectivity index (χ3n) is 4.09. The van der Waals surface area contributed by atoms with E-state index >= 15 is 0 Å². The molecule has 2 rings (SSSR count). The van der Waals surface area contributed by atoms with E-state index < -0.39 is 0 Å². The van der Waals surface area contributed by atoms with Crippen LogP contribution in [0.15, 0.2) is 24.3 Å². The Labute approximate surface area is 115 Å². The molecule has 19 heavy (non-hydrogen) atoms. The van der Waals surface area contributed by atoms with Crippen LogP contribution >= 0.6 is 0 Å². The number of nitrogens with two attached hydrogens (primary N) is 1. The minimum atomic E-state index is 0.0623. The van der Waals surface area contributed by atoms with E-state index in [1.807, 2.05) is 24.3 Å². The summed E-state index contributed by atoms with van der Waals surface area (Å²) >= 11 is 0. The maximum absolute atomic E-state index is 12.2. The van der Waals surface area contributed by atoms with Gasteiger partial charge < -0.3 is 11.1 Å². The highest BCUT2D eigenvalue weighted by molar-refractivity contribution is 5.95. The predicted octanol–water partition coefficient (Wildman–Crippen LogP) is 2.50. The zero-order valence-electron chi connectivity index (χ0n) is 11.7. The summed E-state index contributed by atoms with van der Waals surface area (Å²) < 4.78 is 0. The van der Waals surface area contributed by atoms with Gasteiger partial charge in [0.25, 0.3) is 5.91 Å². The van der Waals surface area contributed by atoms with Crippen molar-refractivity contribution in [1.82, 2.24) is 5.32 Å². The van der Waals surface area contributed by atoms with Crippen LogP contribution in [0.25, 0.3) is 0 Å². The summed E-state index contributed by atoms with van der Waals surface area (Å²) in [6.07, 6.45) is 5.34. The molecule has 1 saturated carbocycles. The maximum Gasteiger partial charge on any atom is 0.251 e. The summed E-state index contributed by atoms with van der Waals surface area (Å²) in [6.45, 7) is 2.86. The number of nitrogens with one attached hydrogen (secondary N) is 1. The first kappa shape index (κ1) is 14.1. The van der Waals surface area contributed by atoms with Crippen LogP contribution in [0.3, 0.4) is 0 Å². The molecule has 1 aliphatic rings. The summed E-state index contributed by atoms with van der Waals surface area (Å²) in [5.41, 5.74) is 7.83. The van der Waals surface area contributed by atoms with Crippen LogP contribution in [-0.4, -0.2) is 18.5 Å². The molecule has 3 nitrogen and oxygen atoms in total. The van der Waals surface area contributed by atoms with E-state index in [0.29, 0.717) is 12.0 Å². The Hall–Kier alpha value is -1.35. The van der Waals surface area contributed by atoms with Crippen LogP contribution in [0.5, 0.6) is 0 Å². The lowest BCUT2D eigenvalue weighted by atomic mass is 9.86. The van der Waals surface area contributed by atoms with Gasteiger partial charge in [0.15, 0.2) is 0 Å². The number of benzene rings is 1. The zero-order chi connectivity index (χ0) is 13.7. The van der Waals surface area contributed by atoms with Crippen molar-refractivity contribution in [2.45, 2.75) is 45.1 Å². The SMILES string of the molecule is CCc1ccccc1C(=O)NCC1CCC(N)CC1. The summed E-state index contributed by atoms with van der Waals surface area (Å²) in [4.78, 5) is 12.2. The van der Waals surface area contributed by atoms with Crippen LogP contribution in [0.1, 0.15) is 48.5 Å². The molecule has 0 aromatic heterocycles. The smallest absolute Gasteiger partial charge is 0.251 e. The fourth-order valence-corrected chi connectivity index (χ4v) is 2.77. The molecule has 1 fully saturated rings. The fraction of sp³-hybridized carbons (Fsp3) is 0.562. The van der Waals surface area contributed by atoms with Gasteiger partial charge in [0.1, 0.15) is 0 Å². The van der Waals surface area contributed by atoms with Gasteiger partial charge in [0.05, 0.1) is 0 Å². The molecule has 0 saturated heterocycles. The second kappa shape index (κ2) is 6.71.